The van der Waals surface area contributed by atoms with Crippen LogP contribution in [0, 0.1) is 0 Å². The summed E-state index contributed by atoms with van der Waals surface area (Å²) < 4.78 is 0. The molecule has 0 bridgehead atoms. The van der Waals surface area contributed by atoms with E-state index in [-0.39, 0.29) is 0 Å². The molecule has 0 saturated heterocycles. The highest BCUT2D eigenvalue weighted by Crippen LogP contribution is 2.18. The summed E-state index contributed by atoms with van der Waals surface area (Å²) in [5.41, 5.74) is 2.48. The van der Waals surface area contributed by atoms with Gasteiger partial charge in [0.25, 0.3) is 0 Å². The Morgan fingerprint density at radius 3 is 2.25 bits per heavy atom. The van der Waals surface area contributed by atoms with Crippen LogP contribution in [-0.4, -0.2) is 10.2 Å². The van der Waals surface area contributed by atoms with Crippen LogP contribution >= 0.6 is 0 Å². The minimum Gasteiger partial charge on any atom is -0.278 e. The maximum atomic E-state index is 3.98. The van der Waals surface area contributed by atoms with Gasteiger partial charge in [0.1, 0.15) is 0 Å². The number of nitrogens with one attached hydrogen (secondary N) is 1. The molecule has 0 fully saturated rings. The van der Waals surface area contributed by atoms with Crippen LogP contribution in [0.3, 0.4) is 0 Å². The van der Waals surface area contributed by atoms with Gasteiger partial charge in [-0.25, -0.2) is 0 Å². The molecule has 2 aromatic rings. The van der Waals surface area contributed by atoms with Gasteiger partial charge in [-0.1, -0.05) is 53.7 Å². The minimum atomic E-state index is 0.581. The molecule has 1 heterocycles. The van der Waals surface area contributed by atoms with E-state index in [1.807, 2.05) is 33.9 Å². The predicted octanol–water partition coefficient (Wildman–Crippen LogP) is 4.74. The van der Waals surface area contributed by atoms with E-state index in [2.05, 4.69) is 42.2 Å². The molecule has 2 heteroatoms. The molecule has 0 radical (unpaired) electrons. The van der Waals surface area contributed by atoms with E-state index < -0.39 is 0 Å². The van der Waals surface area contributed by atoms with Crippen LogP contribution in [0.25, 0.3) is 10.9 Å². The lowest BCUT2D eigenvalue weighted by atomic mass is 10.0. The molecular formula is C14H24N2. The second-order valence-electron chi connectivity index (χ2n) is 3.37. The lowest BCUT2D eigenvalue weighted by molar-refractivity contribution is 0.868. The average molecular weight is 220 g/mol. The van der Waals surface area contributed by atoms with Crippen molar-refractivity contribution >= 4 is 10.9 Å². The third-order valence-electron chi connectivity index (χ3n) is 2.13. The highest BCUT2D eigenvalue weighted by molar-refractivity contribution is 5.78. The summed E-state index contributed by atoms with van der Waals surface area (Å²) in [4.78, 5) is 0. The van der Waals surface area contributed by atoms with Crippen molar-refractivity contribution in [2.24, 2.45) is 0 Å². The molecule has 1 aromatic carbocycles. The number of H-pyrrole nitrogens is 1. The van der Waals surface area contributed by atoms with Gasteiger partial charge in [0.15, 0.2) is 0 Å². The Morgan fingerprint density at radius 1 is 1.06 bits per heavy atom. The zero-order chi connectivity index (χ0) is 12.6. The van der Waals surface area contributed by atoms with Gasteiger partial charge in [0.2, 0.25) is 0 Å². The Bertz CT molecular complexity index is 388. The number of aromatic amines is 1. The molecule has 0 amide bonds. The molecule has 0 aliphatic carbocycles. The zero-order valence-corrected chi connectivity index (χ0v) is 11.3. The van der Waals surface area contributed by atoms with E-state index in [0.29, 0.717) is 5.92 Å². The van der Waals surface area contributed by atoms with Crippen LogP contribution in [-0.2, 0) is 0 Å². The molecule has 2 nitrogen and oxygen atoms in total. The van der Waals surface area contributed by atoms with Crippen molar-refractivity contribution in [2.45, 2.75) is 47.5 Å². The van der Waals surface area contributed by atoms with Crippen molar-refractivity contribution in [1.82, 2.24) is 10.2 Å². The molecule has 0 aliphatic heterocycles. The van der Waals surface area contributed by atoms with Crippen molar-refractivity contribution in [1.29, 1.82) is 0 Å². The first-order valence-electron chi connectivity index (χ1n) is 6.20. The zero-order valence-electron chi connectivity index (χ0n) is 11.3. The van der Waals surface area contributed by atoms with Gasteiger partial charge < -0.3 is 0 Å². The third kappa shape index (κ3) is 3.69. The first-order valence-corrected chi connectivity index (χ1v) is 6.20. The monoisotopic (exact) mass is 220 g/mol. The Morgan fingerprint density at radius 2 is 1.69 bits per heavy atom. The number of hydrogen-bond acceptors (Lipinski definition) is 1. The lowest BCUT2D eigenvalue weighted by Crippen LogP contribution is -1.85. The third-order valence-corrected chi connectivity index (χ3v) is 2.13. The molecular weight excluding hydrogens is 196 g/mol. The molecule has 1 N–H and O–H groups in total. The van der Waals surface area contributed by atoms with E-state index in [1.54, 1.807) is 0 Å². The summed E-state index contributed by atoms with van der Waals surface area (Å²) in [5, 5.41) is 8.12. The van der Waals surface area contributed by atoms with Crippen LogP contribution in [0.5, 0.6) is 0 Å². The van der Waals surface area contributed by atoms with Crippen LogP contribution in [0.15, 0.2) is 24.4 Å². The second-order valence-corrected chi connectivity index (χ2v) is 3.37. The molecule has 16 heavy (non-hydrogen) atoms. The Kier molecular flexibility index (Phi) is 7.27. The van der Waals surface area contributed by atoms with Crippen LogP contribution in [0.1, 0.15) is 53.0 Å². The number of rotatable bonds is 1. The van der Waals surface area contributed by atoms with Gasteiger partial charge in [-0.3, -0.25) is 5.10 Å². The molecule has 90 valence electrons. The number of fused-ring (bicyclic) bond motifs is 1. The first-order chi connectivity index (χ1) is 7.77. The maximum absolute atomic E-state index is 3.98. The first kappa shape index (κ1) is 14.7. The SMILES string of the molecule is CC.CC.CC(C)c1ccc2cn[nH]c2c1. The Hall–Kier alpha value is -1.31. The van der Waals surface area contributed by atoms with Crippen molar-refractivity contribution in [2.75, 3.05) is 0 Å². The van der Waals surface area contributed by atoms with Crippen molar-refractivity contribution in [3.8, 4) is 0 Å². The van der Waals surface area contributed by atoms with Gasteiger partial charge in [-0.2, -0.15) is 5.10 Å². The summed E-state index contributed by atoms with van der Waals surface area (Å²) in [7, 11) is 0. The standard InChI is InChI=1S/C10H12N2.2C2H6/c1-7(2)8-3-4-9-6-11-12-10(9)5-8;2*1-2/h3-7H,1-2H3,(H,11,12);2*1-2H3. The highest BCUT2D eigenvalue weighted by Gasteiger charge is 2.00. The normalized spacial score (nSPS) is 9.19. The fourth-order valence-corrected chi connectivity index (χ4v) is 1.31. The largest absolute Gasteiger partial charge is 0.278 e. The quantitative estimate of drug-likeness (QED) is 0.739. The molecule has 0 unspecified atom stereocenters. The second kappa shape index (κ2) is 7.91. The molecule has 1 aromatic heterocycles. The maximum Gasteiger partial charge on any atom is 0.0653 e. The lowest BCUT2D eigenvalue weighted by Gasteiger charge is -2.03. The van der Waals surface area contributed by atoms with Gasteiger partial charge in [-0.15, -0.1) is 0 Å². The smallest absolute Gasteiger partial charge is 0.0653 e. The van der Waals surface area contributed by atoms with Gasteiger partial charge in [0.05, 0.1) is 11.7 Å². The number of benzene rings is 1. The van der Waals surface area contributed by atoms with Crippen LogP contribution in [0.4, 0.5) is 0 Å². The Balaban J connectivity index is 0.000000509. The number of aromatic nitrogens is 2. The average Bonchev–Trinajstić information content (AvgIpc) is 2.81. The summed E-state index contributed by atoms with van der Waals surface area (Å²) in [6.45, 7) is 12.4. The number of hydrogen-bond donors (Lipinski definition) is 1. The van der Waals surface area contributed by atoms with Crippen molar-refractivity contribution in [3.05, 3.63) is 30.0 Å². The highest BCUT2D eigenvalue weighted by atomic mass is 15.1. The van der Waals surface area contributed by atoms with Crippen LogP contribution < -0.4 is 0 Å². The van der Waals surface area contributed by atoms with E-state index >= 15 is 0 Å². The molecule has 2 rings (SSSR count). The predicted molar refractivity (Wildman–Crippen MR) is 72.9 cm³/mol. The van der Waals surface area contributed by atoms with Crippen molar-refractivity contribution < 1.29 is 0 Å². The van der Waals surface area contributed by atoms with Crippen LogP contribution in [0.2, 0.25) is 0 Å². The fourth-order valence-electron chi connectivity index (χ4n) is 1.31. The molecule has 0 saturated carbocycles. The molecule has 0 spiro atoms. The Labute approximate surface area is 99.1 Å². The molecule has 0 atom stereocenters. The fraction of sp³-hybridized carbons (Fsp3) is 0.500. The van der Waals surface area contributed by atoms with Gasteiger partial charge in [0, 0.05) is 5.39 Å². The minimum absolute atomic E-state index is 0.581. The van der Waals surface area contributed by atoms with Gasteiger partial charge in [-0.05, 0) is 17.5 Å². The van der Waals surface area contributed by atoms with Crippen molar-refractivity contribution in [3.63, 3.8) is 0 Å². The molecule has 0 aliphatic rings. The van der Waals surface area contributed by atoms with E-state index in [9.17, 15) is 0 Å². The van der Waals surface area contributed by atoms with E-state index in [4.69, 9.17) is 0 Å². The topological polar surface area (TPSA) is 28.7 Å². The summed E-state index contributed by atoms with van der Waals surface area (Å²) in [5.74, 6) is 0.581. The van der Waals surface area contributed by atoms with E-state index in [0.717, 1.165) is 5.52 Å². The van der Waals surface area contributed by atoms with E-state index in [1.165, 1.54) is 10.9 Å². The summed E-state index contributed by atoms with van der Waals surface area (Å²) in [6, 6.07) is 6.42. The van der Waals surface area contributed by atoms with Gasteiger partial charge >= 0.3 is 0 Å². The number of nitrogens with zero attached hydrogens (tertiary/aromatic N) is 1. The summed E-state index contributed by atoms with van der Waals surface area (Å²) in [6.07, 6.45) is 1.85. The summed E-state index contributed by atoms with van der Waals surface area (Å²) >= 11 is 0.